The van der Waals surface area contributed by atoms with Crippen molar-refractivity contribution in [3.8, 4) is 0 Å². The number of hydrogen-bond donors (Lipinski definition) is 1. The Labute approximate surface area is 139 Å². The van der Waals surface area contributed by atoms with Crippen molar-refractivity contribution in [1.29, 1.82) is 0 Å². The van der Waals surface area contributed by atoms with Crippen molar-refractivity contribution < 1.29 is 0 Å². The molecule has 3 heteroatoms. The van der Waals surface area contributed by atoms with Crippen LogP contribution >= 0.6 is 27.5 Å². The molecule has 0 aromatic heterocycles. The maximum absolute atomic E-state index is 6.04. The van der Waals surface area contributed by atoms with Gasteiger partial charge < -0.3 is 5.32 Å². The van der Waals surface area contributed by atoms with Crippen molar-refractivity contribution in [3.05, 3.63) is 68.1 Å². The average Bonchev–Trinajstić information content (AvgIpc) is 2.93. The fourth-order valence-electron chi connectivity index (χ4n) is 3.14. The van der Waals surface area contributed by atoms with E-state index in [1.54, 1.807) is 0 Å². The number of halogens is 2. The predicted molar refractivity (Wildman–Crippen MR) is 93.1 cm³/mol. The number of fused-ring (bicyclic) bond motifs is 1. The Morgan fingerprint density at radius 2 is 1.95 bits per heavy atom. The van der Waals surface area contributed by atoms with Crippen LogP contribution in [0, 0.1) is 0 Å². The zero-order chi connectivity index (χ0) is 14.8. The average molecular weight is 365 g/mol. The molecule has 0 saturated heterocycles. The summed E-state index contributed by atoms with van der Waals surface area (Å²) in [5, 5.41) is 4.18. The van der Waals surface area contributed by atoms with E-state index in [0.29, 0.717) is 0 Å². The summed E-state index contributed by atoms with van der Waals surface area (Å²) >= 11 is 9.67. The highest BCUT2D eigenvalue weighted by molar-refractivity contribution is 9.10. The zero-order valence-electron chi connectivity index (χ0n) is 12.1. The SMILES string of the molecule is CNC(Cc1ccc2c(c1)CCC2)c1ccc(Cl)cc1Br. The fraction of sp³-hybridized carbons (Fsp3) is 0.333. The Kier molecular flexibility index (Phi) is 4.68. The standard InChI is InChI=1S/C18H19BrClN/c1-21-18(16-8-7-15(20)11-17(16)19)10-12-5-6-13-3-2-4-14(13)9-12/h5-9,11,18,21H,2-4,10H2,1H3. The first-order valence-electron chi connectivity index (χ1n) is 7.40. The number of likely N-dealkylation sites (N-methyl/N-ethyl adjacent to an activating group) is 1. The molecule has 2 aromatic carbocycles. The molecule has 1 aliphatic rings. The van der Waals surface area contributed by atoms with Gasteiger partial charge in [0.15, 0.2) is 0 Å². The predicted octanol–water partition coefficient (Wildman–Crippen LogP) is 5.09. The van der Waals surface area contributed by atoms with Crippen molar-refractivity contribution >= 4 is 27.5 Å². The van der Waals surface area contributed by atoms with E-state index in [4.69, 9.17) is 11.6 Å². The molecule has 1 N–H and O–H groups in total. The topological polar surface area (TPSA) is 12.0 Å². The Morgan fingerprint density at radius 1 is 1.14 bits per heavy atom. The number of nitrogens with one attached hydrogen (secondary N) is 1. The lowest BCUT2D eigenvalue weighted by Crippen LogP contribution is -2.19. The summed E-state index contributed by atoms with van der Waals surface area (Å²) < 4.78 is 1.07. The van der Waals surface area contributed by atoms with E-state index in [9.17, 15) is 0 Å². The first-order valence-corrected chi connectivity index (χ1v) is 8.57. The van der Waals surface area contributed by atoms with Gasteiger partial charge in [0.05, 0.1) is 0 Å². The van der Waals surface area contributed by atoms with Crippen LogP contribution in [0.15, 0.2) is 40.9 Å². The molecule has 3 rings (SSSR count). The molecule has 1 unspecified atom stereocenters. The monoisotopic (exact) mass is 363 g/mol. The fourth-order valence-corrected chi connectivity index (χ4v) is 4.10. The molecule has 2 aromatic rings. The molecule has 0 fully saturated rings. The minimum absolute atomic E-state index is 0.288. The summed E-state index contributed by atoms with van der Waals surface area (Å²) in [4.78, 5) is 0. The second-order valence-electron chi connectivity index (χ2n) is 5.67. The molecule has 1 aliphatic carbocycles. The summed E-state index contributed by atoms with van der Waals surface area (Å²) in [6.45, 7) is 0. The van der Waals surface area contributed by atoms with Crippen LogP contribution < -0.4 is 5.32 Å². The number of benzene rings is 2. The summed E-state index contributed by atoms with van der Waals surface area (Å²) in [5.41, 5.74) is 5.73. The number of aryl methyl sites for hydroxylation is 2. The number of hydrogen-bond acceptors (Lipinski definition) is 1. The normalized spacial score (nSPS) is 15.0. The first-order chi connectivity index (χ1) is 10.2. The van der Waals surface area contributed by atoms with Gasteiger partial charge in [0.2, 0.25) is 0 Å². The Hall–Kier alpha value is -0.830. The summed E-state index contributed by atoms with van der Waals surface area (Å²) in [6, 6.07) is 13.3. The molecule has 0 saturated carbocycles. The van der Waals surface area contributed by atoms with Gasteiger partial charge in [0.1, 0.15) is 0 Å². The molecule has 0 radical (unpaired) electrons. The highest BCUT2D eigenvalue weighted by Crippen LogP contribution is 2.30. The van der Waals surface area contributed by atoms with Gasteiger partial charge in [-0.05, 0) is 67.1 Å². The third-order valence-corrected chi connectivity index (χ3v) is 5.21. The van der Waals surface area contributed by atoms with E-state index in [0.717, 1.165) is 15.9 Å². The third kappa shape index (κ3) is 3.33. The van der Waals surface area contributed by atoms with Crippen LogP contribution in [0.3, 0.4) is 0 Å². The van der Waals surface area contributed by atoms with Gasteiger partial charge in [-0.25, -0.2) is 0 Å². The van der Waals surface area contributed by atoms with Gasteiger partial charge in [-0.2, -0.15) is 0 Å². The van der Waals surface area contributed by atoms with Crippen molar-refractivity contribution in [3.63, 3.8) is 0 Å². The maximum atomic E-state index is 6.04. The lowest BCUT2D eigenvalue weighted by Gasteiger charge is -2.19. The van der Waals surface area contributed by atoms with Crippen LogP contribution in [0.25, 0.3) is 0 Å². The van der Waals surface area contributed by atoms with Crippen molar-refractivity contribution in [2.75, 3.05) is 7.05 Å². The minimum atomic E-state index is 0.288. The molecule has 0 heterocycles. The van der Waals surface area contributed by atoms with Crippen LogP contribution in [0.2, 0.25) is 5.02 Å². The van der Waals surface area contributed by atoms with Gasteiger partial charge >= 0.3 is 0 Å². The van der Waals surface area contributed by atoms with E-state index >= 15 is 0 Å². The van der Waals surface area contributed by atoms with E-state index in [1.807, 2.05) is 19.2 Å². The molecule has 21 heavy (non-hydrogen) atoms. The van der Waals surface area contributed by atoms with E-state index in [1.165, 1.54) is 41.5 Å². The molecule has 1 nitrogen and oxygen atoms in total. The highest BCUT2D eigenvalue weighted by atomic mass is 79.9. The lowest BCUT2D eigenvalue weighted by atomic mass is 9.96. The Morgan fingerprint density at radius 3 is 2.71 bits per heavy atom. The van der Waals surface area contributed by atoms with Crippen LogP contribution in [0.4, 0.5) is 0 Å². The lowest BCUT2D eigenvalue weighted by molar-refractivity contribution is 0.589. The van der Waals surface area contributed by atoms with Gasteiger partial charge in [-0.15, -0.1) is 0 Å². The van der Waals surface area contributed by atoms with Crippen molar-refractivity contribution in [2.24, 2.45) is 0 Å². The van der Waals surface area contributed by atoms with E-state index in [-0.39, 0.29) is 6.04 Å². The second-order valence-corrected chi connectivity index (χ2v) is 6.96. The maximum Gasteiger partial charge on any atom is 0.0417 e. The van der Waals surface area contributed by atoms with Crippen LogP contribution in [-0.4, -0.2) is 7.05 Å². The van der Waals surface area contributed by atoms with Crippen LogP contribution in [0.5, 0.6) is 0 Å². The molecule has 0 bridgehead atoms. The molecule has 1 atom stereocenters. The zero-order valence-corrected chi connectivity index (χ0v) is 14.5. The number of rotatable bonds is 4. The Balaban J connectivity index is 1.84. The Bertz CT molecular complexity index is 654. The molecule has 0 amide bonds. The molecule has 0 aliphatic heterocycles. The van der Waals surface area contributed by atoms with E-state index < -0.39 is 0 Å². The van der Waals surface area contributed by atoms with Gasteiger partial charge in [0.25, 0.3) is 0 Å². The van der Waals surface area contributed by atoms with E-state index in [2.05, 4.69) is 45.5 Å². The highest BCUT2D eigenvalue weighted by Gasteiger charge is 2.16. The quantitative estimate of drug-likeness (QED) is 0.796. The van der Waals surface area contributed by atoms with Gasteiger partial charge in [-0.3, -0.25) is 0 Å². The first kappa shape index (κ1) is 15.1. The summed E-state index contributed by atoms with van der Waals surface area (Å²) in [7, 11) is 2.01. The molecule has 0 spiro atoms. The summed E-state index contributed by atoms with van der Waals surface area (Å²) in [6.07, 6.45) is 4.77. The minimum Gasteiger partial charge on any atom is -0.313 e. The smallest absolute Gasteiger partial charge is 0.0417 e. The van der Waals surface area contributed by atoms with Crippen LogP contribution in [0.1, 0.15) is 34.7 Å². The van der Waals surface area contributed by atoms with Gasteiger partial charge in [-0.1, -0.05) is 51.8 Å². The van der Waals surface area contributed by atoms with Crippen molar-refractivity contribution in [1.82, 2.24) is 5.32 Å². The van der Waals surface area contributed by atoms with Gasteiger partial charge in [0, 0.05) is 15.5 Å². The molecular weight excluding hydrogens is 346 g/mol. The largest absolute Gasteiger partial charge is 0.313 e. The van der Waals surface area contributed by atoms with Crippen molar-refractivity contribution in [2.45, 2.75) is 31.7 Å². The van der Waals surface area contributed by atoms with Crippen LogP contribution in [-0.2, 0) is 19.3 Å². The summed E-state index contributed by atoms with van der Waals surface area (Å²) in [5.74, 6) is 0. The third-order valence-electron chi connectivity index (χ3n) is 4.29. The second kappa shape index (κ2) is 6.51. The molecule has 110 valence electrons. The molecular formula is C18H19BrClN.